The van der Waals surface area contributed by atoms with Crippen LogP contribution in [0.15, 0.2) is 0 Å². The van der Waals surface area contributed by atoms with E-state index in [0.717, 1.165) is 0 Å². The third-order valence-corrected chi connectivity index (χ3v) is 2.18. The van der Waals surface area contributed by atoms with Gasteiger partial charge in [-0.15, -0.1) is 0 Å². The first kappa shape index (κ1) is 10.4. The van der Waals surface area contributed by atoms with Gasteiger partial charge in [-0.25, -0.2) is 4.79 Å². The Balaban J connectivity index is 4.61. The molecule has 11 heavy (non-hydrogen) atoms. The molecule has 1 atom stereocenters. The number of carboxylic acids is 1. The zero-order valence-electron chi connectivity index (χ0n) is 7.55. The van der Waals surface area contributed by atoms with Gasteiger partial charge < -0.3 is 9.84 Å². The molecule has 3 heteroatoms. The monoisotopic (exact) mass is 160 g/mol. The van der Waals surface area contributed by atoms with Gasteiger partial charge in [-0.05, 0) is 12.3 Å². The number of carbonyl (C=O) groups is 1. The Morgan fingerprint density at radius 3 is 2.09 bits per heavy atom. The summed E-state index contributed by atoms with van der Waals surface area (Å²) in [5, 5.41) is 8.87. The zero-order chi connectivity index (χ0) is 9.07. The lowest BCUT2D eigenvalue weighted by Gasteiger charge is -2.30. The van der Waals surface area contributed by atoms with Crippen LogP contribution in [0, 0.1) is 5.92 Å². The second kappa shape index (κ2) is 3.72. The van der Waals surface area contributed by atoms with Crippen LogP contribution in [0.2, 0.25) is 0 Å². The molecule has 0 bridgehead atoms. The lowest BCUT2D eigenvalue weighted by atomic mass is 9.88. The van der Waals surface area contributed by atoms with Gasteiger partial charge in [0.25, 0.3) is 0 Å². The Morgan fingerprint density at radius 1 is 1.64 bits per heavy atom. The van der Waals surface area contributed by atoms with Crippen LogP contribution in [-0.2, 0) is 9.53 Å². The molecular weight excluding hydrogens is 144 g/mol. The minimum Gasteiger partial charge on any atom is -0.479 e. The van der Waals surface area contributed by atoms with Crippen molar-refractivity contribution in [3.8, 4) is 0 Å². The van der Waals surface area contributed by atoms with Crippen molar-refractivity contribution in [3.05, 3.63) is 0 Å². The Hall–Kier alpha value is -0.570. The molecule has 0 saturated carbocycles. The summed E-state index contributed by atoms with van der Waals surface area (Å²) in [5.41, 5.74) is -1.00. The molecule has 0 rings (SSSR count). The van der Waals surface area contributed by atoms with Crippen molar-refractivity contribution >= 4 is 5.97 Å². The highest BCUT2D eigenvalue weighted by molar-refractivity contribution is 5.77. The number of methoxy groups -OCH3 is 1. The van der Waals surface area contributed by atoms with Crippen LogP contribution in [0.5, 0.6) is 0 Å². The van der Waals surface area contributed by atoms with Gasteiger partial charge in [-0.1, -0.05) is 20.8 Å². The molecule has 0 heterocycles. The highest BCUT2D eigenvalue weighted by Crippen LogP contribution is 2.24. The van der Waals surface area contributed by atoms with Gasteiger partial charge in [0.1, 0.15) is 0 Å². The maximum absolute atomic E-state index is 10.8. The van der Waals surface area contributed by atoms with Gasteiger partial charge in [-0.3, -0.25) is 0 Å². The predicted octanol–water partition coefficient (Wildman–Crippen LogP) is 1.52. The minimum atomic E-state index is -1.00. The Morgan fingerprint density at radius 2 is 2.09 bits per heavy atom. The molecule has 3 nitrogen and oxygen atoms in total. The third kappa shape index (κ3) is 1.71. The summed E-state index contributed by atoms with van der Waals surface area (Å²) in [6.07, 6.45) is 0.497. The molecular formula is C8H16O3. The van der Waals surface area contributed by atoms with Gasteiger partial charge in [-0.2, -0.15) is 0 Å². The zero-order valence-corrected chi connectivity index (χ0v) is 7.55. The van der Waals surface area contributed by atoms with E-state index in [9.17, 15) is 4.79 Å². The maximum atomic E-state index is 10.8. The van der Waals surface area contributed by atoms with Crippen molar-refractivity contribution in [3.63, 3.8) is 0 Å². The number of ether oxygens (including phenoxy) is 1. The average Bonchev–Trinajstić information content (AvgIpc) is 1.90. The molecule has 1 unspecified atom stereocenters. The van der Waals surface area contributed by atoms with E-state index in [1.165, 1.54) is 7.11 Å². The van der Waals surface area contributed by atoms with Crippen LogP contribution in [-0.4, -0.2) is 23.8 Å². The lowest BCUT2D eigenvalue weighted by Crippen LogP contribution is -2.44. The quantitative estimate of drug-likeness (QED) is 0.678. The van der Waals surface area contributed by atoms with E-state index in [2.05, 4.69) is 0 Å². The normalized spacial score (nSPS) is 16.5. The summed E-state index contributed by atoms with van der Waals surface area (Å²) >= 11 is 0. The van der Waals surface area contributed by atoms with Crippen molar-refractivity contribution in [1.29, 1.82) is 0 Å². The maximum Gasteiger partial charge on any atom is 0.336 e. The molecule has 0 aliphatic carbocycles. The molecule has 66 valence electrons. The van der Waals surface area contributed by atoms with E-state index < -0.39 is 11.6 Å². The summed E-state index contributed by atoms with van der Waals surface area (Å²) in [5.74, 6) is -0.882. The molecule has 0 fully saturated rings. The number of hydrogen-bond donors (Lipinski definition) is 1. The van der Waals surface area contributed by atoms with Gasteiger partial charge in [0, 0.05) is 7.11 Å². The Kier molecular flexibility index (Phi) is 3.52. The predicted molar refractivity (Wildman–Crippen MR) is 42.5 cm³/mol. The van der Waals surface area contributed by atoms with Gasteiger partial charge in [0.15, 0.2) is 5.60 Å². The van der Waals surface area contributed by atoms with Crippen LogP contribution < -0.4 is 0 Å². The van der Waals surface area contributed by atoms with Gasteiger partial charge >= 0.3 is 5.97 Å². The molecule has 0 aliphatic rings. The smallest absolute Gasteiger partial charge is 0.336 e. The van der Waals surface area contributed by atoms with E-state index in [-0.39, 0.29) is 5.92 Å². The molecule has 0 saturated heterocycles. The first-order valence-corrected chi connectivity index (χ1v) is 3.79. The molecule has 0 radical (unpaired) electrons. The van der Waals surface area contributed by atoms with Crippen LogP contribution in [0.3, 0.4) is 0 Å². The van der Waals surface area contributed by atoms with Crippen molar-refractivity contribution < 1.29 is 14.6 Å². The van der Waals surface area contributed by atoms with E-state index in [1.807, 2.05) is 20.8 Å². The molecule has 0 aromatic heterocycles. The van der Waals surface area contributed by atoms with E-state index in [0.29, 0.717) is 6.42 Å². The molecule has 1 N–H and O–H groups in total. The van der Waals surface area contributed by atoms with Gasteiger partial charge in [0.2, 0.25) is 0 Å². The van der Waals surface area contributed by atoms with Crippen molar-refractivity contribution in [2.75, 3.05) is 7.11 Å². The Labute approximate surface area is 67.4 Å². The second-order valence-electron chi connectivity index (χ2n) is 2.91. The molecule has 0 amide bonds. The molecule has 0 aromatic carbocycles. The average molecular weight is 160 g/mol. The fourth-order valence-electron chi connectivity index (χ4n) is 1.27. The van der Waals surface area contributed by atoms with Crippen molar-refractivity contribution in [2.45, 2.75) is 32.8 Å². The third-order valence-electron chi connectivity index (χ3n) is 2.18. The number of rotatable bonds is 4. The number of carboxylic acid groups (broad SMARTS) is 1. The fourth-order valence-corrected chi connectivity index (χ4v) is 1.27. The summed E-state index contributed by atoms with van der Waals surface area (Å²) in [6.45, 7) is 5.51. The highest BCUT2D eigenvalue weighted by atomic mass is 16.5. The molecule has 0 aliphatic heterocycles. The number of hydrogen-bond acceptors (Lipinski definition) is 2. The van der Waals surface area contributed by atoms with Crippen molar-refractivity contribution in [2.24, 2.45) is 5.92 Å². The SMILES string of the molecule is CCC(OC)(C(=O)O)C(C)C. The van der Waals surface area contributed by atoms with E-state index >= 15 is 0 Å². The van der Waals surface area contributed by atoms with Crippen LogP contribution in [0.4, 0.5) is 0 Å². The second-order valence-corrected chi connectivity index (χ2v) is 2.91. The minimum absolute atomic E-state index is 0.00463. The summed E-state index contributed by atoms with van der Waals surface area (Å²) < 4.78 is 5.01. The summed E-state index contributed by atoms with van der Waals surface area (Å²) in [6, 6.07) is 0. The molecule has 0 spiro atoms. The van der Waals surface area contributed by atoms with Crippen LogP contribution >= 0.6 is 0 Å². The number of aliphatic carboxylic acids is 1. The first-order valence-electron chi connectivity index (χ1n) is 3.79. The summed E-state index contributed by atoms with van der Waals surface area (Å²) in [4.78, 5) is 10.8. The standard InChI is InChI=1S/C8H16O3/c1-5-8(11-4,6(2)3)7(9)10/h6H,5H2,1-4H3,(H,9,10). The first-order chi connectivity index (χ1) is 5.01. The molecule has 0 aromatic rings. The topological polar surface area (TPSA) is 46.5 Å². The van der Waals surface area contributed by atoms with Gasteiger partial charge in [0.05, 0.1) is 0 Å². The van der Waals surface area contributed by atoms with Crippen molar-refractivity contribution in [1.82, 2.24) is 0 Å². The Bertz CT molecular complexity index is 136. The van der Waals surface area contributed by atoms with E-state index in [4.69, 9.17) is 9.84 Å². The van der Waals surface area contributed by atoms with E-state index in [1.54, 1.807) is 0 Å². The largest absolute Gasteiger partial charge is 0.479 e. The fraction of sp³-hybridized carbons (Fsp3) is 0.875. The van der Waals surface area contributed by atoms with Crippen LogP contribution in [0.25, 0.3) is 0 Å². The highest BCUT2D eigenvalue weighted by Gasteiger charge is 2.39. The van der Waals surface area contributed by atoms with Crippen LogP contribution in [0.1, 0.15) is 27.2 Å². The lowest BCUT2D eigenvalue weighted by molar-refractivity contribution is -0.168. The summed E-state index contributed by atoms with van der Waals surface area (Å²) in [7, 11) is 1.44.